The Morgan fingerprint density at radius 1 is 0.745 bits per heavy atom. The van der Waals surface area contributed by atoms with Gasteiger partial charge in [0.1, 0.15) is 12.4 Å². The number of nitrogens with one attached hydrogen (secondary N) is 4. The number of H-pyrrole nitrogens is 2. The van der Waals surface area contributed by atoms with E-state index in [1.165, 1.54) is 5.56 Å². The Balaban J connectivity index is 0.000000617. The van der Waals surface area contributed by atoms with Crippen molar-refractivity contribution in [3.63, 3.8) is 0 Å². The van der Waals surface area contributed by atoms with Crippen LogP contribution >= 0.6 is 17.2 Å². The Bertz CT molecular complexity index is 2090. The number of benzene rings is 4. The standard InChI is InChI=1S/C29H18N4O3P2.2C2H5NO2.CH4.2V/c34-14-37-28-30-11-25(32-28)18-2-1-16-9-23-22-6-3-17-7-19(26-12-31-29(33-26)38-15-35)4-5-21(17)24(22)13-36-27(23)10-20(16)8-18;2*1-5-2(3)4;;;/h1-12,37-38H,13H2,(H,30,32)(H,31,33);2*1H3,(H2,3,4);1H4;;/q-2;;;;2*+2/p-2. The maximum atomic E-state index is 10.7. The zero-order valence-electron chi connectivity index (χ0n) is 26.3. The largest absolute Gasteiger partial charge is 2.00 e. The molecule has 2 aromatic heterocycles. The number of ether oxygens (including phenoxy) is 3. The summed E-state index contributed by atoms with van der Waals surface area (Å²) >= 11 is 0. The molecular formula is C34H30N6O7P2V2. The fourth-order valence-corrected chi connectivity index (χ4v) is 5.90. The molecule has 0 bridgehead atoms. The predicted octanol–water partition coefficient (Wildman–Crippen LogP) is 7.32. The quantitative estimate of drug-likeness (QED) is 0.128. The first kappa shape index (κ1) is 42.7. The number of hydrogen-bond acceptors (Lipinski definition) is 9. The molecule has 4 aromatic carbocycles. The van der Waals surface area contributed by atoms with E-state index < -0.39 is 12.2 Å². The molecule has 0 saturated heterocycles. The number of fused-ring (bicyclic) bond motifs is 6. The SMILES string of the molecule is C.COC([NH-])=O.COC([NH-])=O.O=[C-]Pc1ncc(-c2ccc3cc4c(cc3c2)OCc2c-4ccc3cc(-c4cnc(P[C-]=O)[nH]4)ccc23)[nH]1.[V+2].[V+2]. The normalized spacial score (nSPS) is 10.9. The molecule has 17 heteroatoms. The molecule has 2 radical (unpaired) electrons. The molecule has 6 aromatic rings. The number of amides is 2. The van der Waals surface area contributed by atoms with E-state index in [0.717, 1.165) is 75.2 Å². The summed E-state index contributed by atoms with van der Waals surface area (Å²) < 4.78 is 13.8. The summed E-state index contributed by atoms with van der Waals surface area (Å²) in [6, 6.07) is 25.0. The molecule has 2 atom stereocenters. The van der Waals surface area contributed by atoms with Crippen molar-refractivity contribution < 1.29 is 70.5 Å². The molecule has 1 aliphatic rings. The summed E-state index contributed by atoms with van der Waals surface area (Å²) in [4.78, 5) is 54.8. The summed E-state index contributed by atoms with van der Waals surface area (Å²) in [7, 11) is 2.12. The zero-order chi connectivity index (χ0) is 34.2. The van der Waals surface area contributed by atoms with Gasteiger partial charge >= 0.3 is 37.1 Å². The number of rotatable bonds is 6. The van der Waals surface area contributed by atoms with Crippen molar-refractivity contribution in [2.24, 2.45) is 0 Å². The number of nitrogens with zero attached hydrogens (tertiary/aromatic N) is 2. The van der Waals surface area contributed by atoms with E-state index in [0.29, 0.717) is 17.7 Å². The van der Waals surface area contributed by atoms with Crippen LogP contribution in [0, 0.1) is 0 Å². The molecule has 7 rings (SSSR count). The third-order valence-corrected chi connectivity index (χ3v) is 8.40. The minimum atomic E-state index is -0.995. The molecule has 4 N–H and O–H groups in total. The number of imidazole rings is 2. The second kappa shape index (κ2) is 19.8. The van der Waals surface area contributed by atoms with E-state index >= 15 is 0 Å². The molecule has 3 heterocycles. The van der Waals surface area contributed by atoms with Crippen LogP contribution in [0.1, 0.15) is 13.0 Å². The van der Waals surface area contributed by atoms with Crippen molar-refractivity contribution >= 4 is 74.1 Å². The number of aromatic amines is 2. The van der Waals surface area contributed by atoms with Gasteiger partial charge in [-0.05, 0) is 51.4 Å². The van der Waals surface area contributed by atoms with E-state index in [4.69, 9.17) is 16.2 Å². The fourth-order valence-electron chi connectivity index (χ4n) is 5.05. The summed E-state index contributed by atoms with van der Waals surface area (Å²) in [5.41, 5.74) is 20.4. The van der Waals surface area contributed by atoms with Gasteiger partial charge in [-0.2, -0.15) is 17.2 Å². The molecule has 0 fully saturated rings. The third kappa shape index (κ3) is 10.3. The summed E-state index contributed by atoms with van der Waals surface area (Å²) in [5.74, 6) is 0.860. The first-order chi connectivity index (χ1) is 23.2. The van der Waals surface area contributed by atoms with Crippen LogP contribution in [0.2, 0.25) is 0 Å². The topological polar surface area (TPSA) is 201 Å². The molecule has 258 valence electrons. The van der Waals surface area contributed by atoms with Crippen LogP contribution in [-0.4, -0.2) is 58.4 Å². The van der Waals surface area contributed by atoms with Gasteiger partial charge in [0.25, 0.3) is 0 Å². The Hall–Kier alpha value is -4.47. The number of aromatic nitrogens is 4. The molecule has 0 spiro atoms. The Labute approximate surface area is 320 Å². The average molecular weight is 798 g/mol. The van der Waals surface area contributed by atoms with E-state index in [9.17, 15) is 19.2 Å². The van der Waals surface area contributed by atoms with Gasteiger partial charge in [0, 0.05) is 22.3 Å². The Morgan fingerprint density at radius 2 is 1.25 bits per heavy atom. The minimum Gasteiger partial charge on any atom is -0.632 e. The third-order valence-electron chi connectivity index (χ3n) is 7.22. The summed E-state index contributed by atoms with van der Waals surface area (Å²) in [5, 5.41) is 4.46. The number of carbonyl (C=O) groups is 2. The van der Waals surface area contributed by atoms with Crippen LogP contribution in [-0.2, 0) is 62.8 Å². The first-order valence-corrected chi connectivity index (χ1v) is 16.0. The monoisotopic (exact) mass is 798 g/mol. The van der Waals surface area contributed by atoms with Crippen molar-refractivity contribution in [1.82, 2.24) is 19.9 Å². The Morgan fingerprint density at radius 3 is 1.78 bits per heavy atom. The fraction of sp³-hybridized carbons (Fsp3) is 0.118. The maximum Gasteiger partial charge on any atom is 2.00 e. The van der Waals surface area contributed by atoms with Gasteiger partial charge in [-0.3, -0.25) is 9.59 Å². The number of methoxy groups -OCH3 is 2. The second-order valence-electron chi connectivity index (χ2n) is 9.95. The van der Waals surface area contributed by atoms with Crippen molar-refractivity contribution in [3.05, 3.63) is 90.1 Å². The van der Waals surface area contributed by atoms with Crippen LogP contribution in [0.3, 0.4) is 0 Å². The van der Waals surface area contributed by atoms with Gasteiger partial charge in [0.15, 0.2) is 0 Å². The van der Waals surface area contributed by atoms with Crippen LogP contribution in [0.15, 0.2) is 73.1 Å². The maximum absolute atomic E-state index is 10.7. The van der Waals surface area contributed by atoms with E-state index in [2.05, 4.69) is 90.1 Å². The number of carbonyl (C=O) groups excluding carboxylic acids is 4. The minimum absolute atomic E-state index is 0. The molecule has 0 saturated carbocycles. The van der Waals surface area contributed by atoms with Gasteiger partial charge in [-0.25, -0.2) is 22.0 Å². The van der Waals surface area contributed by atoms with Crippen molar-refractivity contribution in [2.75, 3.05) is 14.2 Å². The van der Waals surface area contributed by atoms with Gasteiger partial charge in [-0.1, -0.05) is 43.8 Å². The average Bonchev–Trinajstić information content (AvgIpc) is 3.77. The number of hydrogen-bond donors (Lipinski definition) is 2. The van der Waals surface area contributed by atoms with Gasteiger partial charge in [0.05, 0.1) is 49.1 Å². The van der Waals surface area contributed by atoms with Crippen LogP contribution < -0.4 is 15.9 Å². The Kier molecular flexibility index (Phi) is 16.6. The van der Waals surface area contributed by atoms with Gasteiger partial charge in [-0.15, -0.1) is 0 Å². The predicted molar refractivity (Wildman–Crippen MR) is 194 cm³/mol. The van der Waals surface area contributed by atoms with Crippen molar-refractivity contribution in [2.45, 2.75) is 14.0 Å². The van der Waals surface area contributed by atoms with E-state index in [1.54, 1.807) is 12.4 Å². The van der Waals surface area contributed by atoms with Gasteiger partial charge < -0.3 is 45.2 Å². The van der Waals surface area contributed by atoms with Crippen LogP contribution in [0.25, 0.3) is 66.7 Å². The second-order valence-corrected chi connectivity index (χ2v) is 11.8. The van der Waals surface area contributed by atoms with Crippen molar-refractivity contribution in [1.29, 1.82) is 0 Å². The van der Waals surface area contributed by atoms with Gasteiger partial charge in [0.2, 0.25) is 12.2 Å². The summed E-state index contributed by atoms with van der Waals surface area (Å²) in [6.45, 7) is 0.488. The van der Waals surface area contributed by atoms with E-state index in [-0.39, 0.29) is 61.7 Å². The molecule has 0 aliphatic carbocycles. The molecule has 2 unspecified atom stereocenters. The molecule has 1 aliphatic heterocycles. The van der Waals surface area contributed by atoms with Crippen LogP contribution in [0.4, 0.5) is 9.59 Å². The molecule has 51 heavy (non-hydrogen) atoms. The smallest absolute Gasteiger partial charge is 0.632 e. The molecule has 13 nitrogen and oxygen atoms in total. The zero-order valence-corrected chi connectivity index (χ0v) is 31.1. The van der Waals surface area contributed by atoms with Crippen LogP contribution in [0.5, 0.6) is 5.75 Å². The molecule has 2 amide bonds. The van der Waals surface area contributed by atoms with Crippen molar-refractivity contribution in [3.8, 4) is 39.4 Å². The van der Waals surface area contributed by atoms with E-state index in [1.807, 2.05) is 12.1 Å². The molecular weight excluding hydrogens is 768 g/mol. The first-order valence-electron chi connectivity index (χ1n) is 14.0. The summed E-state index contributed by atoms with van der Waals surface area (Å²) in [6.07, 6.45) is 1.51.